The first-order chi connectivity index (χ1) is 10.1. The summed E-state index contributed by atoms with van der Waals surface area (Å²) < 4.78 is 5.17. The van der Waals surface area contributed by atoms with Crippen molar-refractivity contribution in [1.29, 1.82) is 5.26 Å². The van der Waals surface area contributed by atoms with Gasteiger partial charge >= 0.3 is 0 Å². The topological polar surface area (TPSA) is 82.3 Å². The number of benzene rings is 2. The summed E-state index contributed by atoms with van der Waals surface area (Å²) in [6, 6.07) is 13.4. The van der Waals surface area contributed by atoms with E-state index in [1.165, 1.54) is 6.07 Å². The molecule has 0 aromatic heterocycles. The van der Waals surface area contributed by atoms with Gasteiger partial charge in [-0.1, -0.05) is 12.1 Å². The maximum Gasteiger partial charge on any atom is 0.255 e. The summed E-state index contributed by atoms with van der Waals surface area (Å²) in [4.78, 5) is 12.1. The van der Waals surface area contributed by atoms with Crippen LogP contribution in [0.3, 0.4) is 0 Å². The van der Waals surface area contributed by atoms with Gasteiger partial charge in [-0.15, -0.1) is 0 Å². The molecule has 0 spiro atoms. The van der Waals surface area contributed by atoms with Gasteiger partial charge in [0, 0.05) is 17.3 Å². The van der Waals surface area contributed by atoms with Crippen LogP contribution in [0.4, 0.5) is 5.69 Å². The highest BCUT2D eigenvalue weighted by molar-refractivity contribution is 6.04. The number of rotatable bonds is 4. The molecule has 21 heavy (non-hydrogen) atoms. The lowest BCUT2D eigenvalue weighted by Crippen LogP contribution is -2.11. The maximum absolute atomic E-state index is 12.1. The Labute approximate surface area is 122 Å². The molecule has 2 rings (SSSR count). The van der Waals surface area contributed by atoms with Crippen LogP contribution in [0.25, 0.3) is 0 Å². The van der Waals surface area contributed by atoms with Gasteiger partial charge in [-0.3, -0.25) is 4.79 Å². The van der Waals surface area contributed by atoms with E-state index in [1.807, 2.05) is 6.07 Å². The van der Waals surface area contributed by atoms with Gasteiger partial charge in [0.05, 0.1) is 0 Å². The molecule has 2 aromatic carbocycles. The minimum atomic E-state index is -0.331. The van der Waals surface area contributed by atoms with Gasteiger partial charge in [0.15, 0.2) is 6.61 Å². The summed E-state index contributed by atoms with van der Waals surface area (Å²) in [6.45, 7) is 1.70. The molecule has 0 radical (unpaired) electrons. The molecule has 0 aliphatic rings. The minimum absolute atomic E-state index is 0.0523. The molecule has 0 unspecified atom stereocenters. The molecule has 0 fully saturated rings. The molecule has 0 aliphatic heterocycles. The lowest BCUT2D eigenvalue weighted by molar-refractivity contribution is 0.102. The molecule has 0 bridgehead atoms. The number of amides is 1. The third kappa shape index (κ3) is 3.74. The first-order valence-electron chi connectivity index (χ1n) is 6.31. The van der Waals surface area contributed by atoms with Crippen molar-refractivity contribution in [3.05, 3.63) is 53.6 Å². The highest BCUT2D eigenvalue weighted by Gasteiger charge is 2.08. The van der Waals surface area contributed by atoms with Crippen LogP contribution in [0.5, 0.6) is 11.5 Å². The van der Waals surface area contributed by atoms with Crippen LogP contribution in [0.2, 0.25) is 0 Å². The number of phenols is 1. The SMILES string of the molecule is Cc1ccc(C(=O)Nc2cccc(OCC#N)c2)cc1O. The number of hydrogen-bond acceptors (Lipinski definition) is 4. The summed E-state index contributed by atoms with van der Waals surface area (Å²) in [5, 5.41) is 20.8. The van der Waals surface area contributed by atoms with E-state index in [4.69, 9.17) is 10.00 Å². The van der Waals surface area contributed by atoms with Crippen LogP contribution in [0, 0.1) is 18.3 Å². The van der Waals surface area contributed by atoms with Crippen LogP contribution in [0.15, 0.2) is 42.5 Å². The molecule has 2 N–H and O–H groups in total. The summed E-state index contributed by atoms with van der Waals surface area (Å²) in [5.41, 5.74) is 1.62. The van der Waals surface area contributed by atoms with Crippen molar-refractivity contribution in [3.8, 4) is 17.6 Å². The van der Waals surface area contributed by atoms with Crippen LogP contribution < -0.4 is 10.1 Å². The summed E-state index contributed by atoms with van der Waals surface area (Å²) >= 11 is 0. The monoisotopic (exact) mass is 282 g/mol. The third-order valence-electron chi connectivity index (χ3n) is 2.87. The number of carbonyl (C=O) groups is 1. The molecule has 0 atom stereocenters. The van der Waals surface area contributed by atoms with E-state index < -0.39 is 0 Å². The Kier molecular flexibility index (Phi) is 4.42. The number of nitrogens with one attached hydrogen (secondary N) is 1. The minimum Gasteiger partial charge on any atom is -0.508 e. The quantitative estimate of drug-likeness (QED) is 0.903. The highest BCUT2D eigenvalue weighted by Crippen LogP contribution is 2.20. The molecule has 106 valence electrons. The van der Waals surface area contributed by atoms with Crippen LogP contribution in [-0.4, -0.2) is 17.6 Å². The number of hydrogen-bond donors (Lipinski definition) is 2. The molecule has 5 nitrogen and oxygen atoms in total. The van der Waals surface area contributed by atoms with Crippen molar-refractivity contribution in [2.75, 3.05) is 11.9 Å². The Morgan fingerprint density at radius 2 is 2.14 bits per heavy atom. The van der Waals surface area contributed by atoms with Gasteiger partial charge in [-0.25, -0.2) is 0 Å². The maximum atomic E-state index is 12.1. The molecule has 0 heterocycles. The van der Waals surface area contributed by atoms with Crippen molar-refractivity contribution < 1.29 is 14.6 Å². The number of aryl methyl sites for hydroxylation is 1. The van der Waals surface area contributed by atoms with Crippen LogP contribution in [-0.2, 0) is 0 Å². The average Bonchev–Trinajstić information content (AvgIpc) is 2.48. The van der Waals surface area contributed by atoms with Gasteiger partial charge < -0.3 is 15.2 Å². The van der Waals surface area contributed by atoms with Gasteiger partial charge in [-0.05, 0) is 36.8 Å². The summed E-state index contributed by atoms with van der Waals surface area (Å²) in [5.74, 6) is 0.248. The zero-order valence-electron chi connectivity index (χ0n) is 11.5. The Balaban J connectivity index is 2.12. The molecular weight excluding hydrogens is 268 g/mol. The Hall–Kier alpha value is -3.00. The van der Waals surface area contributed by atoms with E-state index >= 15 is 0 Å². The molecular formula is C16H14N2O3. The van der Waals surface area contributed by atoms with Crippen molar-refractivity contribution in [3.63, 3.8) is 0 Å². The zero-order valence-corrected chi connectivity index (χ0v) is 11.5. The fourth-order valence-electron chi connectivity index (χ4n) is 1.73. The largest absolute Gasteiger partial charge is 0.508 e. The number of nitriles is 1. The summed E-state index contributed by atoms with van der Waals surface area (Å²) in [6.07, 6.45) is 0. The standard InChI is InChI=1S/C16H14N2O3/c1-11-5-6-12(9-15(11)19)16(20)18-13-3-2-4-14(10-13)21-8-7-17/h2-6,9-10,19H,8H2,1H3,(H,18,20). The van der Waals surface area contributed by atoms with E-state index in [9.17, 15) is 9.90 Å². The zero-order chi connectivity index (χ0) is 15.2. The van der Waals surface area contributed by atoms with Gasteiger partial charge in [0.2, 0.25) is 0 Å². The molecule has 2 aromatic rings. The van der Waals surface area contributed by atoms with Gasteiger partial charge in [0.1, 0.15) is 17.6 Å². The number of ether oxygens (including phenoxy) is 1. The number of anilines is 1. The third-order valence-corrected chi connectivity index (χ3v) is 2.87. The molecule has 0 aliphatic carbocycles. The van der Waals surface area contributed by atoms with Crippen LogP contribution in [0.1, 0.15) is 15.9 Å². The number of phenolic OH excluding ortho intramolecular Hbond substituents is 1. The fourth-order valence-corrected chi connectivity index (χ4v) is 1.73. The lowest BCUT2D eigenvalue weighted by atomic mass is 10.1. The Morgan fingerprint density at radius 1 is 1.33 bits per heavy atom. The Morgan fingerprint density at radius 3 is 2.86 bits per heavy atom. The second kappa shape index (κ2) is 6.44. The number of nitrogens with zero attached hydrogens (tertiary/aromatic N) is 1. The van der Waals surface area contributed by atoms with E-state index in [2.05, 4.69) is 5.32 Å². The van der Waals surface area contributed by atoms with Crippen molar-refractivity contribution in [1.82, 2.24) is 0 Å². The molecule has 5 heteroatoms. The highest BCUT2D eigenvalue weighted by atomic mass is 16.5. The predicted molar refractivity (Wildman–Crippen MR) is 78.3 cm³/mol. The number of aromatic hydroxyl groups is 1. The van der Waals surface area contributed by atoms with E-state index in [-0.39, 0.29) is 18.3 Å². The van der Waals surface area contributed by atoms with Crippen molar-refractivity contribution in [2.24, 2.45) is 0 Å². The van der Waals surface area contributed by atoms with Crippen molar-refractivity contribution >= 4 is 11.6 Å². The fraction of sp³-hybridized carbons (Fsp3) is 0.125. The van der Waals surface area contributed by atoms with Crippen LogP contribution >= 0.6 is 0 Å². The molecule has 0 saturated heterocycles. The first kappa shape index (κ1) is 14.4. The average molecular weight is 282 g/mol. The van der Waals surface area contributed by atoms with E-state index in [0.717, 1.165) is 0 Å². The van der Waals surface area contributed by atoms with E-state index in [1.54, 1.807) is 43.3 Å². The van der Waals surface area contributed by atoms with Crippen molar-refractivity contribution in [2.45, 2.75) is 6.92 Å². The lowest BCUT2D eigenvalue weighted by Gasteiger charge is -2.08. The smallest absolute Gasteiger partial charge is 0.255 e. The van der Waals surface area contributed by atoms with Gasteiger partial charge in [-0.2, -0.15) is 5.26 Å². The van der Waals surface area contributed by atoms with Gasteiger partial charge in [0.25, 0.3) is 5.91 Å². The molecule has 1 amide bonds. The summed E-state index contributed by atoms with van der Waals surface area (Å²) in [7, 11) is 0. The predicted octanol–water partition coefficient (Wildman–Crippen LogP) is 2.86. The normalized spacial score (nSPS) is 9.71. The molecule has 0 saturated carbocycles. The second-order valence-electron chi connectivity index (χ2n) is 4.43. The Bertz CT molecular complexity index is 705. The first-order valence-corrected chi connectivity index (χ1v) is 6.31. The number of carbonyl (C=O) groups excluding carboxylic acids is 1. The second-order valence-corrected chi connectivity index (χ2v) is 4.43. The van der Waals surface area contributed by atoms with E-state index in [0.29, 0.717) is 22.6 Å².